The quantitative estimate of drug-likeness (QED) is 0.589. The number of hydrogen-bond donors (Lipinski definition) is 2. The van der Waals surface area contributed by atoms with Gasteiger partial charge in [-0.25, -0.2) is 4.98 Å². The smallest absolute Gasteiger partial charge is 0.257 e. The molecule has 1 amide bonds. The number of benzene rings is 2. The van der Waals surface area contributed by atoms with Gasteiger partial charge in [0.25, 0.3) is 5.91 Å². The number of nitrogens with one attached hydrogen (secondary N) is 2. The third-order valence-electron chi connectivity index (χ3n) is 3.91. The average Bonchev–Trinajstić information content (AvgIpc) is 3.25. The van der Waals surface area contributed by atoms with Crippen molar-refractivity contribution in [2.45, 2.75) is 6.92 Å². The van der Waals surface area contributed by atoms with Crippen LogP contribution in [-0.4, -0.2) is 15.9 Å². The molecule has 0 aliphatic heterocycles. The molecule has 4 rings (SSSR count). The Bertz CT molecular complexity index is 1020. The zero-order valence-electron chi connectivity index (χ0n) is 13.0. The Labute approximate surface area is 138 Å². The Morgan fingerprint density at radius 1 is 1.08 bits per heavy atom. The first-order valence-electron chi connectivity index (χ1n) is 7.62. The Balaban J connectivity index is 1.74. The molecule has 0 bridgehead atoms. The van der Waals surface area contributed by atoms with Crippen molar-refractivity contribution in [2.24, 2.45) is 0 Å². The molecule has 2 N–H and O–H groups in total. The van der Waals surface area contributed by atoms with Gasteiger partial charge >= 0.3 is 0 Å². The maximum Gasteiger partial charge on any atom is 0.257 e. The zero-order valence-corrected chi connectivity index (χ0v) is 13.0. The number of amides is 1. The molecular formula is C19H15N3O2. The van der Waals surface area contributed by atoms with Crippen molar-refractivity contribution in [3.8, 4) is 11.6 Å². The molecule has 0 unspecified atom stereocenters. The highest BCUT2D eigenvalue weighted by Gasteiger charge is 2.16. The van der Waals surface area contributed by atoms with Crippen LogP contribution in [0.2, 0.25) is 0 Å². The number of aryl methyl sites for hydroxylation is 1. The number of aromatic amines is 1. The second kappa shape index (κ2) is 5.70. The first kappa shape index (κ1) is 14.3. The number of nitrogens with zero attached hydrogens (tertiary/aromatic N) is 1. The second-order valence-corrected chi connectivity index (χ2v) is 5.53. The van der Waals surface area contributed by atoms with Crippen LogP contribution in [0.4, 0.5) is 5.69 Å². The number of H-pyrrole nitrogens is 1. The lowest BCUT2D eigenvalue weighted by molar-refractivity contribution is 0.102. The van der Waals surface area contributed by atoms with Crippen molar-refractivity contribution < 1.29 is 9.21 Å². The summed E-state index contributed by atoms with van der Waals surface area (Å²) in [5, 5.41) is 2.95. The van der Waals surface area contributed by atoms with Gasteiger partial charge in [-0.05, 0) is 42.8 Å². The van der Waals surface area contributed by atoms with Crippen molar-refractivity contribution in [2.75, 3.05) is 5.32 Å². The molecule has 0 saturated heterocycles. The third-order valence-corrected chi connectivity index (χ3v) is 3.91. The number of anilines is 1. The minimum absolute atomic E-state index is 0.188. The summed E-state index contributed by atoms with van der Waals surface area (Å²) in [6.45, 7) is 1.96. The molecule has 0 atom stereocenters. The summed E-state index contributed by atoms with van der Waals surface area (Å²) in [5.74, 6) is 1.05. The zero-order chi connectivity index (χ0) is 16.5. The van der Waals surface area contributed by atoms with Gasteiger partial charge in [0.15, 0.2) is 11.6 Å². The summed E-state index contributed by atoms with van der Waals surface area (Å²) < 4.78 is 5.37. The Kier molecular flexibility index (Phi) is 3.39. The topological polar surface area (TPSA) is 70.9 Å². The van der Waals surface area contributed by atoms with Crippen LogP contribution < -0.4 is 5.32 Å². The molecule has 5 heteroatoms. The van der Waals surface area contributed by atoms with Crippen LogP contribution in [0, 0.1) is 6.92 Å². The number of carbonyl (C=O) groups is 1. The van der Waals surface area contributed by atoms with Gasteiger partial charge in [0.1, 0.15) is 5.52 Å². The molecular weight excluding hydrogens is 302 g/mol. The van der Waals surface area contributed by atoms with E-state index in [0.29, 0.717) is 22.7 Å². The van der Waals surface area contributed by atoms with Crippen molar-refractivity contribution in [3.63, 3.8) is 0 Å². The highest BCUT2D eigenvalue weighted by atomic mass is 16.3. The maximum atomic E-state index is 12.7. The van der Waals surface area contributed by atoms with Gasteiger partial charge in [-0.2, -0.15) is 0 Å². The molecule has 2 aromatic heterocycles. The van der Waals surface area contributed by atoms with Crippen LogP contribution in [0.1, 0.15) is 15.9 Å². The number of para-hydroxylation sites is 2. The van der Waals surface area contributed by atoms with Crippen LogP contribution in [-0.2, 0) is 0 Å². The summed E-state index contributed by atoms with van der Waals surface area (Å²) in [7, 11) is 0. The van der Waals surface area contributed by atoms with Crippen LogP contribution in [0.3, 0.4) is 0 Å². The first-order chi connectivity index (χ1) is 11.7. The number of hydrogen-bond acceptors (Lipinski definition) is 3. The van der Waals surface area contributed by atoms with E-state index in [2.05, 4.69) is 15.3 Å². The largest absolute Gasteiger partial charge is 0.461 e. The first-order valence-corrected chi connectivity index (χ1v) is 7.62. The van der Waals surface area contributed by atoms with E-state index in [4.69, 9.17) is 4.42 Å². The highest BCUT2D eigenvalue weighted by molar-refractivity contribution is 6.12. The fraction of sp³-hybridized carbons (Fsp3) is 0.0526. The van der Waals surface area contributed by atoms with E-state index in [-0.39, 0.29) is 5.91 Å². The number of rotatable bonds is 3. The number of imidazole rings is 1. The number of furan rings is 1. The summed E-state index contributed by atoms with van der Waals surface area (Å²) in [5.41, 5.74) is 3.73. The number of carbonyl (C=O) groups excluding carboxylic acids is 1. The molecule has 0 saturated carbocycles. The van der Waals surface area contributed by atoms with E-state index in [1.807, 2.05) is 49.4 Å². The fourth-order valence-corrected chi connectivity index (χ4v) is 2.65. The number of aromatic nitrogens is 2. The van der Waals surface area contributed by atoms with Crippen molar-refractivity contribution >= 4 is 22.6 Å². The van der Waals surface area contributed by atoms with Crippen LogP contribution in [0.5, 0.6) is 0 Å². The van der Waals surface area contributed by atoms with Crippen molar-refractivity contribution in [1.29, 1.82) is 0 Å². The lowest BCUT2D eigenvalue weighted by atomic mass is 10.1. The van der Waals surface area contributed by atoms with Crippen molar-refractivity contribution in [3.05, 3.63) is 72.0 Å². The van der Waals surface area contributed by atoms with E-state index in [9.17, 15) is 4.79 Å². The molecule has 2 heterocycles. The van der Waals surface area contributed by atoms with E-state index < -0.39 is 0 Å². The molecule has 0 spiro atoms. The van der Waals surface area contributed by atoms with Gasteiger partial charge in [0.05, 0.1) is 17.3 Å². The Hall–Kier alpha value is -3.34. The van der Waals surface area contributed by atoms with Crippen molar-refractivity contribution in [1.82, 2.24) is 9.97 Å². The van der Waals surface area contributed by atoms with E-state index in [1.54, 1.807) is 18.4 Å². The second-order valence-electron chi connectivity index (χ2n) is 5.53. The van der Waals surface area contributed by atoms with Gasteiger partial charge in [-0.15, -0.1) is 0 Å². The Morgan fingerprint density at radius 3 is 2.75 bits per heavy atom. The molecule has 0 radical (unpaired) electrons. The highest BCUT2D eigenvalue weighted by Crippen LogP contribution is 2.24. The lowest BCUT2D eigenvalue weighted by Crippen LogP contribution is -2.13. The molecule has 5 nitrogen and oxygen atoms in total. The molecule has 0 fully saturated rings. The lowest BCUT2D eigenvalue weighted by Gasteiger charge is -2.08. The Morgan fingerprint density at radius 2 is 1.96 bits per heavy atom. The van der Waals surface area contributed by atoms with Gasteiger partial charge < -0.3 is 14.7 Å². The summed E-state index contributed by atoms with van der Waals surface area (Å²) in [6.07, 6.45) is 1.59. The maximum absolute atomic E-state index is 12.7. The molecule has 24 heavy (non-hydrogen) atoms. The van der Waals surface area contributed by atoms with E-state index >= 15 is 0 Å². The van der Waals surface area contributed by atoms with Gasteiger partial charge in [0.2, 0.25) is 0 Å². The molecule has 0 aliphatic carbocycles. The normalized spacial score (nSPS) is 10.9. The number of fused-ring (bicyclic) bond motifs is 1. The van der Waals surface area contributed by atoms with Gasteiger partial charge in [-0.3, -0.25) is 4.79 Å². The minimum Gasteiger partial charge on any atom is -0.461 e. The monoisotopic (exact) mass is 317 g/mol. The van der Waals surface area contributed by atoms with Gasteiger partial charge in [0, 0.05) is 5.69 Å². The average molecular weight is 317 g/mol. The predicted molar refractivity (Wildman–Crippen MR) is 92.9 cm³/mol. The summed E-state index contributed by atoms with van der Waals surface area (Å²) >= 11 is 0. The molecule has 118 valence electrons. The van der Waals surface area contributed by atoms with Crippen LogP contribution in [0.25, 0.3) is 22.6 Å². The van der Waals surface area contributed by atoms with E-state index in [1.165, 1.54) is 0 Å². The van der Waals surface area contributed by atoms with Gasteiger partial charge in [-0.1, -0.05) is 24.3 Å². The minimum atomic E-state index is -0.188. The van der Waals surface area contributed by atoms with Crippen LogP contribution in [0.15, 0.2) is 65.3 Å². The molecule has 0 aliphatic rings. The SMILES string of the molecule is Cc1ccccc1NC(=O)c1cccc2[nH]c(-c3ccco3)nc12. The summed E-state index contributed by atoms with van der Waals surface area (Å²) in [4.78, 5) is 20.4. The van der Waals surface area contributed by atoms with Crippen LogP contribution >= 0.6 is 0 Å². The molecule has 2 aromatic carbocycles. The molecule has 4 aromatic rings. The predicted octanol–water partition coefficient (Wildman–Crippen LogP) is 4.38. The third kappa shape index (κ3) is 2.46. The van der Waals surface area contributed by atoms with E-state index in [0.717, 1.165) is 16.8 Å². The fourth-order valence-electron chi connectivity index (χ4n) is 2.65. The summed E-state index contributed by atoms with van der Waals surface area (Å²) in [6, 6.07) is 16.8. The standard InChI is InChI=1S/C19H15N3O2/c1-12-6-2-3-8-14(12)21-19(23)13-7-4-9-15-17(13)22-18(20-15)16-10-5-11-24-16/h2-11H,1H3,(H,20,22)(H,21,23).